The Morgan fingerprint density at radius 1 is 1.59 bits per heavy atom. The van der Waals surface area contributed by atoms with E-state index in [1.54, 1.807) is 25.1 Å². The predicted molar refractivity (Wildman–Crippen MR) is 66.3 cm³/mol. The number of hydrogen-bond acceptors (Lipinski definition) is 3. The number of ether oxygens (including phenoxy) is 1. The maximum atomic E-state index is 11.2. The van der Waals surface area contributed by atoms with Crippen molar-refractivity contribution >= 4 is 17.5 Å². The predicted octanol–water partition coefficient (Wildman–Crippen LogP) is 1.91. The Morgan fingerprint density at radius 2 is 2.29 bits per heavy atom. The maximum Gasteiger partial charge on any atom is 0.257 e. The molecule has 0 spiro atoms. The van der Waals surface area contributed by atoms with Gasteiger partial charge in [-0.1, -0.05) is 11.6 Å². The van der Waals surface area contributed by atoms with Gasteiger partial charge >= 0.3 is 0 Å². The lowest BCUT2D eigenvalue weighted by atomic mass is 10.1. The first-order chi connectivity index (χ1) is 8.04. The number of halogens is 1. The van der Waals surface area contributed by atoms with E-state index in [1.165, 1.54) is 0 Å². The molecule has 4 nitrogen and oxygen atoms in total. The molecule has 5 heteroatoms. The van der Waals surface area contributed by atoms with Gasteiger partial charge in [-0.25, -0.2) is 0 Å². The number of aliphatic hydroxyl groups is 1. The molecular weight excluding hydrogens is 242 g/mol. The first-order valence-electron chi connectivity index (χ1n) is 5.41. The standard InChI is InChI=1S/C12H16ClNO3/c1-3-14-12(16)7-17-11-5-4-9(13)6-10(11)8(2)15/h4-6,8,15H,3,7H2,1-2H3,(H,14,16)/t8-/m1/s1. The van der Waals surface area contributed by atoms with E-state index in [0.29, 0.717) is 22.9 Å². The van der Waals surface area contributed by atoms with Crippen LogP contribution in [-0.2, 0) is 4.79 Å². The van der Waals surface area contributed by atoms with Crippen LogP contribution in [0.3, 0.4) is 0 Å². The van der Waals surface area contributed by atoms with Gasteiger partial charge in [-0.3, -0.25) is 4.79 Å². The number of rotatable bonds is 5. The monoisotopic (exact) mass is 257 g/mol. The van der Waals surface area contributed by atoms with Gasteiger partial charge in [0.05, 0.1) is 6.10 Å². The van der Waals surface area contributed by atoms with Crippen molar-refractivity contribution in [3.63, 3.8) is 0 Å². The van der Waals surface area contributed by atoms with Crippen LogP contribution in [-0.4, -0.2) is 24.2 Å². The van der Waals surface area contributed by atoms with Crippen molar-refractivity contribution in [1.82, 2.24) is 5.32 Å². The van der Waals surface area contributed by atoms with Crippen LogP contribution in [0.4, 0.5) is 0 Å². The summed E-state index contributed by atoms with van der Waals surface area (Å²) in [6.45, 7) is 3.94. The van der Waals surface area contributed by atoms with Crippen LogP contribution in [0.2, 0.25) is 5.02 Å². The van der Waals surface area contributed by atoms with E-state index >= 15 is 0 Å². The van der Waals surface area contributed by atoms with Crippen LogP contribution < -0.4 is 10.1 Å². The second kappa shape index (κ2) is 6.47. The molecule has 0 aliphatic carbocycles. The van der Waals surface area contributed by atoms with Crippen LogP contribution in [0.5, 0.6) is 5.75 Å². The van der Waals surface area contributed by atoms with Crippen LogP contribution in [0.25, 0.3) is 0 Å². The highest BCUT2D eigenvalue weighted by Gasteiger charge is 2.11. The van der Waals surface area contributed by atoms with Crippen molar-refractivity contribution < 1.29 is 14.6 Å². The number of nitrogens with one attached hydrogen (secondary N) is 1. The third-order valence-corrected chi connectivity index (χ3v) is 2.39. The molecule has 0 aliphatic heterocycles. The number of amides is 1. The number of benzene rings is 1. The molecule has 0 saturated heterocycles. The molecule has 94 valence electrons. The fourth-order valence-corrected chi connectivity index (χ4v) is 1.55. The van der Waals surface area contributed by atoms with Crippen molar-refractivity contribution in [2.24, 2.45) is 0 Å². The van der Waals surface area contributed by atoms with Crippen LogP contribution >= 0.6 is 11.6 Å². The SMILES string of the molecule is CCNC(=O)COc1ccc(Cl)cc1[C@@H](C)O. The second-order valence-electron chi connectivity index (χ2n) is 3.60. The van der Waals surface area contributed by atoms with Gasteiger partial charge in [0.1, 0.15) is 5.75 Å². The summed E-state index contributed by atoms with van der Waals surface area (Å²) in [5.74, 6) is 0.273. The maximum absolute atomic E-state index is 11.2. The Kier molecular flexibility index (Phi) is 5.25. The molecule has 1 aromatic rings. The van der Waals surface area contributed by atoms with Gasteiger partial charge in [0.2, 0.25) is 0 Å². The third kappa shape index (κ3) is 4.24. The molecule has 0 aromatic heterocycles. The average Bonchev–Trinajstić information content (AvgIpc) is 2.27. The van der Waals surface area contributed by atoms with Gasteiger partial charge in [-0.05, 0) is 32.0 Å². The zero-order chi connectivity index (χ0) is 12.8. The molecule has 1 amide bonds. The Bertz CT molecular complexity index is 393. The molecule has 0 saturated carbocycles. The molecule has 0 fully saturated rings. The summed E-state index contributed by atoms with van der Waals surface area (Å²) in [5, 5.41) is 12.7. The Balaban J connectivity index is 2.73. The third-order valence-electron chi connectivity index (χ3n) is 2.15. The van der Waals surface area contributed by atoms with E-state index in [0.717, 1.165) is 0 Å². The zero-order valence-corrected chi connectivity index (χ0v) is 10.6. The fraction of sp³-hybridized carbons (Fsp3) is 0.417. The first-order valence-corrected chi connectivity index (χ1v) is 5.79. The van der Waals surface area contributed by atoms with E-state index in [1.807, 2.05) is 6.92 Å². The van der Waals surface area contributed by atoms with Crippen molar-refractivity contribution in [2.45, 2.75) is 20.0 Å². The molecule has 1 aromatic carbocycles. The molecule has 2 N–H and O–H groups in total. The van der Waals surface area contributed by atoms with Crippen molar-refractivity contribution in [1.29, 1.82) is 0 Å². The van der Waals surface area contributed by atoms with Crippen molar-refractivity contribution in [3.8, 4) is 5.75 Å². The summed E-state index contributed by atoms with van der Waals surface area (Å²) in [6, 6.07) is 4.92. The van der Waals surface area contributed by atoms with Crippen LogP contribution in [0, 0.1) is 0 Å². The summed E-state index contributed by atoms with van der Waals surface area (Å²) in [6.07, 6.45) is -0.696. The normalized spacial score (nSPS) is 12.0. The molecular formula is C12H16ClNO3. The highest BCUT2D eigenvalue weighted by Crippen LogP contribution is 2.28. The largest absolute Gasteiger partial charge is 0.483 e. The van der Waals surface area contributed by atoms with E-state index in [-0.39, 0.29) is 12.5 Å². The molecule has 0 aliphatic rings. The fourth-order valence-electron chi connectivity index (χ4n) is 1.37. The summed E-state index contributed by atoms with van der Waals surface area (Å²) in [5.41, 5.74) is 0.571. The minimum atomic E-state index is -0.696. The molecule has 0 radical (unpaired) electrons. The minimum Gasteiger partial charge on any atom is -0.483 e. The topological polar surface area (TPSA) is 58.6 Å². The lowest BCUT2D eigenvalue weighted by Gasteiger charge is -2.13. The van der Waals surface area contributed by atoms with E-state index in [2.05, 4.69) is 5.32 Å². The van der Waals surface area contributed by atoms with Crippen LogP contribution in [0.1, 0.15) is 25.5 Å². The first kappa shape index (κ1) is 13.8. The van der Waals surface area contributed by atoms with Gasteiger partial charge < -0.3 is 15.2 Å². The van der Waals surface area contributed by atoms with E-state index < -0.39 is 6.10 Å². The summed E-state index contributed by atoms with van der Waals surface area (Å²) in [4.78, 5) is 11.2. The van der Waals surface area contributed by atoms with Gasteiger partial charge in [0, 0.05) is 17.1 Å². The summed E-state index contributed by atoms with van der Waals surface area (Å²) in [7, 11) is 0. The van der Waals surface area contributed by atoms with Gasteiger partial charge in [0.25, 0.3) is 5.91 Å². The number of aliphatic hydroxyl groups excluding tert-OH is 1. The minimum absolute atomic E-state index is 0.0742. The smallest absolute Gasteiger partial charge is 0.257 e. The number of hydrogen-bond donors (Lipinski definition) is 2. The molecule has 17 heavy (non-hydrogen) atoms. The lowest BCUT2D eigenvalue weighted by Crippen LogP contribution is -2.28. The number of carbonyl (C=O) groups is 1. The van der Waals surface area contributed by atoms with Crippen LogP contribution in [0.15, 0.2) is 18.2 Å². The summed E-state index contributed by atoms with van der Waals surface area (Å²) >= 11 is 5.83. The number of likely N-dealkylation sites (N-methyl/N-ethyl adjacent to an activating group) is 1. The Morgan fingerprint density at radius 3 is 2.88 bits per heavy atom. The van der Waals surface area contributed by atoms with Gasteiger partial charge in [0.15, 0.2) is 6.61 Å². The Hall–Kier alpha value is -1.26. The molecule has 0 unspecified atom stereocenters. The molecule has 0 heterocycles. The molecule has 0 bridgehead atoms. The lowest BCUT2D eigenvalue weighted by molar-refractivity contribution is -0.123. The van der Waals surface area contributed by atoms with E-state index in [9.17, 15) is 9.90 Å². The van der Waals surface area contributed by atoms with E-state index in [4.69, 9.17) is 16.3 Å². The molecule has 1 rings (SSSR count). The second-order valence-corrected chi connectivity index (χ2v) is 4.04. The molecule has 1 atom stereocenters. The van der Waals surface area contributed by atoms with Gasteiger partial charge in [-0.2, -0.15) is 0 Å². The quantitative estimate of drug-likeness (QED) is 0.847. The zero-order valence-electron chi connectivity index (χ0n) is 9.87. The van der Waals surface area contributed by atoms with Gasteiger partial charge in [-0.15, -0.1) is 0 Å². The Labute approximate surface area is 106 Å². The summed E-state index contributed by atoms with van der Waals surface area (Å²) < 4.78 is 5.34. The van der Waals surface area contributed by atoms with Crippen molar-refractivity contribution in [2.75, 3.05) is 13.2 Å². The average molecular weight is 258 g/mol. The van der Waals surface area contributed by atoms with Crippen molar-refractivity contribution in [3.05, 3.63) is 28.8 Å². The highest BCUT2D eigenvalue weighted by atomic mass is 35.5. The highest BCUT2D eigenvalue weighted by molar-refractivity contribution is 6.30. The number of carbonyl (C=O) groups excluding carboxylic acids is 1.